The molecule has 1 aromatic heterocycles. The summed E-state index contributed by atoms with van der Waals surface area (Å²) in [4.78, 5) is 11.9. The van der Waals surface area contributed by atoms with Gasteiger partial charge in [-0.1, -0.05) is 40.8 Å². The Labute approximate surface area is 141 Å². The van der Waals surface area contributed by atoms with Crippen LogP contribution in [0.3, 0.4) is 0 Å². The zero-order valence-corrected chi connectivity index (χ0v) is 14.3. The normalized spacial score (nSPS) is 15.4. The van der Waals surface area contributed by atoms with Crippen molar-refractivity contribution in [2.75, 3.05) is 5.32 Å². The van der Waals surface area contributed by atoms with Gasteiger partial charge in [0.25, 0.3) is 0 Å². The van der Waals surface area contributed by atoms with Gasteiger partial charge in [0.05, 0.1) is 5.25 Å². The first-order chi connectivity index (χ1) is 10.6. The zero-order valence-electron chi connectivity index (χ0n) is 11.9. The molecule has 0 bridgehead atoms. The zero-order chi connectivity index (χ0) is 15.5. The van der Waals surface area contributed by atoms with Crippen molar-refractivity contribution in [3.8, 4) is 0 Å². The Bertz CT molecular complexity index is 674. The van der Waals surface area contributed by atoms with Crippen molar-refractivity contribution in [2.24, 2.45) is 0 Å². The number of benzene rings is 1. The van der Waals surface area contributed by atoms with E-state index in [0.29, 0.717) is 16.2 Å². The van der Waals surface area contributed by atoms with Gasteiger partial charge in [0.2, 0.25) is 11.0 Å². The SMILES string of the molecule is C[C@H](Sc1nnc(Nc2cccc(Cl)c2)s1)C(=O)NC1CC1. The van der Waals surface area contributed by atoms with Gasteiger partial charge in [-0.2, -0.15) is 0 Å². The number of hydrogen-bond donors (Lipinski definition) is 2. The minimum absolute atomic E-state index is 0.0621. The number of hydrogen-bond acceptors (Lipinski definition) is 6. The molecule has 5 nitrogen and oxygen atoms in total. The van der Waals surface area contributed by atoms with E-state index in [2.05, 4.69) is 20.8 Å². The molecule has 1 amide bonds. The summed E-state index contributed by atoms with van der Waals surface area (Å²) < 4.78 is 0.767. The van der Waals surface area contributed by atoms with Crippen LogP contribution in [-0.4, -0.2) is 27.4 Å². The van der Waals surface area contributed by atoms with Crippen molar-refractivity contribution in [3.05, 3.63) is 29.3 Å². The average Bonchev–Trinajstić information content (AvgIpc) is 3.18. The van der Waals surface area contributed by atoms with Crippen LogP contribution in [0.15, 0.2) is 28.6 Å². The van der Waals surface area contributed by atoms with Crippen LogP contribution in [0, 0.1) is 0 Å². The Morgan fingerprint density at radius 3 is 3.00 bits per heavy atom. The van der Waals surface area contributed by atoms with Crippen LogP contribution in [0.1, 0.15) is 19.8 Å². The van der Waals surface area contributed by atoms with Crippen molar-refractivity contribution in [2.45, 2.75) is 35.4 Å². The number of carbonyl (C=O) groups excluding carboxylic acids is 1. The van der Waals surface area contributed by atoms with Crippen molar-refractivity contribution in [1.82, 2.24) is 15.5 Å². The van der Waals surface area contributed by atoms with Gasteiger partial charge in [0.1, 0.15) is 0 Å². The monoisotopic (exact) mass is 354 g/mol. The second kappa shape index (κ2) is 6.85. The molecule has 0 spiro atoms. The van der Waals surface area contributed by atoms with E-state index in [9.17, 15) is 4.79 Å². The summed E-state index contributed by atoms with van der Waals surface area (Å²) in [5.41, 5.74) is 0.861. The molecule has 1 aliphatic rings. The lowest BCUT2D eigenvalue weighted by atomic mass is 10.3. The Kier molecular flexibility index (Phi) is 4.85. The molecular weight excluding hydrogens is 340 g/mol. The highest BCUT2D eigenvalue weighted by molar-refractivity contribution is 8.02. The predicted molar refractivity (Wildman–Crippen MR) is 91.1 cm³/mol. The molecule has 0 aliphatic heterocycles. The maximum atomic E-state index is 11.9. The number of amides is 1. The number of aromatic nitrogens is 2. The van der Waals surface area contributed by atoms with Crippen molar-refractivity contribution in [3.63, 3.8) is 0 Å². The number of carbonyl (C=O) groups is 1. The molecule has 1 fully saturated rings. The van der Waals surface area contributed by atoms with Gasteiger partial charge < -0.3 is 10.6 Å². The third-order valence-electron chi connectivity index (χ3n) is 3.05. The Balaban J connectivity index is 1.57. The molecule has 22 heavy (non-hydrogen) atoms. The fraction of sp³-hybridized carbons (Fsp3) is 0.357. The Hall–Kier alpha value is -1.31. The Morgan fingerprint density at radius 1 is 1.45 bits per heavy atom. The number of rotatable bonds is 6. The second-order valence-electron chi connectivity index (χ2n) is 5.05. The topological polar surface area (TPSA) is 66.9 Å². The van der Waals surface area contributed by atoms with E-state index in [1.54, 1.807) is 0 Å². The molecule has 2 aromatic rings. The first-order valence-corrected chi connectivity index (χ1v) is 9.01. The van der Waals surface area contributed by atoms with E-state index >= 15 is 0 Å². The summed E-state index contributed by atoms with van der Waals surface area (Å²) in [6.07, 6.45) is 2.19. The summed E-state index contributed by atoms with van der Waals surface area (Å²) in [5, 5.41) is 15.5. The molecule has 1 aromatic carbocycles. The van der Waals surface area contributed by atoms with Crippen LogP contribution in [0.4, 0.5) is 10.8 Å². The van der Waals surface area contributed by atoms with Gasteiger partial charge in [-0.05, 0) is 38.0 Å². The van der Waals surface area contributed by atoms with Crippen molar-refractivity contribution in [1.29, 1.82) is 0 Å². The maximum Gasteiger partial charge on any atom is 0.233 e. The van der Waals surface area contributed by atoms with Gasteiger partial charge in [-0.25, -0.2) is 0 Å². The fourth-order valence-corrected chi connectivity index (χ4v) is 3.86. The van der Waals surface area contributed by atoms with Crippen LogP contribution in [0.25, 0.3) is 0 Å². The number of nitrogens with zero attached hydrogens (tertiary/aromatic N) is 2. The molecule has 0 unspecified atom stereocenters. The van der Waals surface area contributed by atoms with Gasteiger partial charge in [-0.3, -0.25) is 4.79 Å². The predicted octanol–water partition coefficient (Wildman–Crippen LogP) is 3.69. The number of nitrogens with one attached hydrogen (secondary N) is 2. The smallest absolute Gasteiger partial charge is 0.233 e. The minimum Gasteiger partial charge on any atom is -0.352 e. The molecule has 0 saturated heterocycles. The molecule has 1 heterocycles. The molecule has 0 radical (unpaired) electrons. The van der Waals surface area contributed by atoms with E-state index in [1.165, 1.54) is 23.1 Å². The van der Waals surface area contributed by atoms with Crippen molar-refractivity contribution >= 4 is 51.4 Å². The molecule has 1 saturated carbocycles. The van der Waals surface area contributed by atoms with E-state index in [0.717, 1.165) is 22.9 Å². The molecule has 1 atom stereocenters. The van der Waals surface area contributed by atoms with E-state index in [-0.39, 0.29) is 11.2 Å². The molecule has 8 heteroatoms. The van der Waals surface area contributed by atoms with Crippen molar-refractivity contribution < 1.29 is 4.79 Å². The van der Waals surface area contributed by atoms with E-state index in [4.69, 9.17) is 11.6 Å². The van der Waals surface area contributed by atoms with Gasteiger partial charge in [0, 0.05) is 16.8 Å². The molecule has 3 rings (SSSR count). The van der Waals surface area contributed by atoms with Gasteiger partial charge in [-0.15, -0.1) is 10.2 Å². The lowest BCUT2D eigenvalue weighted by Gasteiger charge is -2.08. The van der Waals surface area contributed by atoms with E-state index < -0.39 is 0 Å². The lowest BCUT2D eigenvalue weighted by molar-refractivity contribution is -0.120. The summed E-state index contributed by atoms with van der Waals surface area (Å²) in [7, 11) is 0. The molecular formula is C14H15ClN4OS2. The lowest BCUT2D eigenvalue weighted by Crippen LogP contribution is -2.32. The first-order valence-electron chi connectivity index (χ1n) is 6.93. The second-order valence-corrected chi connectivity index (χ2v) is 8.05. The highest BCUT2D eigenvalue weighted by Gasteiger charge is 2.26. The maximum absolute atomic E-state index is 11.9. The third-order valence-corrected chi connectivity index (χ3v) is 5.31. The summed E-state index contributed by atoms with van der Waals surface area (Å²) in [6.45, 7) is 1.88. The first kappa shape index (κ1) is 15.6. The average molecular weight is 355 g/mol. The van der Waals surface area contributed by atoms with Crippen LogP contribution < -0.4 is 10.6 Å². The molecule has 116 valence electrons. The highest BCUT2D eigenvalue weighted by atomic mass is 35.5. The van der Waals surface area contributed by atoms with Gasteiger partial charge >= 0.3 is 0 Å². The molecule has 1 aliphatic carbocycles. The summed E-state index contributed by atoms with van der Waals surface area (Å²) in [5.74, 6) is 0.0621. The van der Waals surface area contributed by atoms with Crippen LogP contribution >= 0.6 is 34.7 Å². The Morgan fingerprint density at radius 2 is 2.27 bits per heavy atom. The van der Waals surface area contributed by atoms with Gasteiger partial charge in [0.15, 0.2) is 4.34 Å². The van der Waals surface area contributed by atoms with Crippen LogP contribution in [0.5, 0.6) is 0 Å². The van der Waals surface area contributed by atoms with E-state index in [1.807, 2.05) is 31.2 Å². The third kappa shape index (κ3) is 4.34. The fourth-order valence-electron chi connectivity index (χ4n) is 1.75. The minimum atomic E-state index is -0.174. The molecule has 2 N–H and O–H groups in total. The number of halogens is 1. The van der Waals surface area contributed by atoms with Crippen LogP contribution in [0.2, 0.25) is 5.02 Å². The standard InChI is InChI=1S/C14H15ClN4OS2/c1-8(12(20)16-10-5-6-10)21-14-19-18-13(22-14)17-11-4-2-3-9(15)7-11/h2-4,7-8,10H,5-6H2,1H3,(H,16,20)(H,17,18)/t8-/m0/s1. The summed E-state index contributed by atoms with van der Waals surface area (Å²) in [6, 6.07) is 7.79. The highest BCUT2D eigenvalue weighted by Crippen LogP contribution is 2.31. The summed E-state index contributed by atoms with van der Waals surface area (Å²) >= 11 is 8.79. The van der Waals surface area contributed by atoms with Crippen LogP contribution in [-0.2, 0) is 4.79 Å². The largest absolute Gasteiger partial charge is 0.352 e. The number of thioether (sulfide) groups is 1. The number of anilines is 2. The quantitative estimate of drug-likeness (QED) is 0.774.